The number of hydrogen-bond acceptors (Lipinski definition) is 3. The van der Waals surface area contributed by atoms with Crippen molar-refractivity contribution < 1.29 is 13.9 Å². The molecule has 0 aromatic heterocycles. The molecule has 4 nitrogen and oxygen atoms in total. The van der Waals surface area contributed by atoms with E-state index in [1.165, 1.54) is 12.1 Å². The van der Waals surface area contributed by atoms with Gasteiger partial charge in [-0.25, -0.2) is 4.39 Å². The molecule has 0 radical (unpaired) electrons. The van der Waals surface area contributed by atoms with Crippen LogP contribution < -0.4 is 11.1 Å². The van der Waals surface area contributed by atoms with Gasteiger partial charge in [0.15, 0.2) is 0 Å². The second-order valence-electron chi connectivity index (χ2n) is 4.31. The minimum atomic E-state index is -0.523. The molecule has 1 heterocycles. The highest BCUT2D eigenvalue weighted by atomic mass is 19.1. The molecule has 2 atom stereocenters. The van der Waals surface area contributed by atoms with Crippen LogP contribution in [0.2, 0.25) is 0 Å². The van der Waals surface area contributed by atoms with Crippen molar-refractivity contribution in [3.8, 4) is 0 Å². The lowest BCUT2D eigenvalue weighted by Crippen LogP contribution is -2.23. The summed E-state index contributed by atoms with van der Waals surface area (Å²) in [4.78, 5) is 11.8. The minimum absolute atomic E-state index is 0.0852. The SMILES string of the molecule is CC1CC(C(=O)Nc2ccc(N)cc2F)CO1. The van der Waals surface area contributed by atoms with Gasteiger partial charge in [0.05, 0.1) is 24.3 Å². The quantitative estimate of drug-likeness (QED) is 0.772. The van der Waals surface area contributed by atoms with Gasteiger partial charge in [-0.3, -0.25) is 4.79 Å². The van der Waals surface area contributed by atoms with Gasteiger partial charge in [0.2, 0.25) is 5.91 Å². The first-order chi connectivity index (χ1) is 8.06. The topological polar surface area (TPSA) is 64.4 Å². The van der Waals surface area contributed by atoms with Crippen LogP contribution >= 0.6 is 0 Å². The molecule has 1 fully saturated rings. The Kier molecular flexibility index (Phi) is 3.28. The summed E-state index contributed by atoms with van der Waals surface area (Å²) in [6, 6.07) is 4.19. The van der Waals surface area contributed by atoms with Gasteiger partial charge in [0, 0.05) is 5.69 Å². The monoisotopic (exact) mass is 238 g/mol. The van der Waals surface area contributed by atoms with Gasteiger partial charge in [-0.2, -0.15) is 0 Å². The highest BCUT2D eigenvalue weighted by Gasteiger charge is 2.28. The van der Waals surface area contributed by atoms with Crippen LogP contribution in [0.15, 0.2) is 18.2 Å². The molecule has 0 spiro atoms. The van der Waals surface area contributed by atoms with E-state index in [4.69, 9.17) is 10.5 Å². The summed E-state index contributed by atoms with van der Waals surface area (Å²) in [5.74, 6) is -0.940. The number of anilines is 2. The van der Waals surface area contributed by atoms with Crippen LogP contribution in [0, 0.1) is 11.7 Å². The molecular weight excluding hydrogens is 223 g/mol. The maximum atomic E-state index is 13.4. The largest absolute Gasteiger partial charge is 0.399 e. The van der Waals surface area contributed by atoms with Crippen molar-refractivity contribution in [2.45, 2.75) is 19.4 Å². The van der Waals surface area contributed by atoms with E-state index in [9.17, 15) is 9.18 Å². The number of amides is 1. The molecule has 1 aromatic rings. The van der Waals surface area contributed by atoms with Crippen molar-refractivity contribution >= 4 is 17.3 Å². The van der Waals surface area contributed by atoms with Gasteiger partial charge in [0.1, 0.15) is 5.82 Å². The molecule has 0 aliphatic carbocycles. The van der Waals surface area contributed by atoms with Crippen LogP contribution in [0.25, 0.3) is 0 Å². The van der Waals surface area contributed by atoms with E-state index in [2.05, 4.69) is 5.32 Å². The number of hydrogen-bond donors (Lipinski definition) is 2. The van der Waals surface area contributed by atoms with Gasteiger partial charge in [0.25, 0.3) is 0 Å². The maximum absolute atomic E-state index is 13.4. The zero-order chi connectivity index (χ0) is 12.4. The van der Waals surface area contributed by atoms with Gasteiger partial charge in [-0.15, -0.1) is 0 Å². The Balaban J connectivity index is 2.03. The average molecular weight is 238 g/mol. The molecule has 2 unspecified atom stereocenters. The standard InChI is InChI=1S/C12H15FN2O2/c1-7-4-8(6-17-7)12(16)15-11-3-2-9(14)5-10(11)13/h2-3,5,7-8H,4,6,14H2,1H3,(H,15,16). The first kappa shape index (κ1) is 11.9. The van der Waals surface area contributed by atoms with Crippen LogP contribution in [0.4, 0.5) is 15.8 Å². The Bertz CT molecular complexity index is 437. The fourth-order valence-corrected chi connectivity index (χ4v) is 1.87. The molecular formula is C12H15FN2O2. The Morgan fingerprint density at radius 3 is 2.94 bits per heavy atom. The molecule has 3 N–H and O–H groups in total. The lowest BCUT2D eigenvalue weighted by Gasteiger charge is -2.10. The van der Waals surface area contributed by atoms with E-state index in [0.29, 0.717) is 18.7 Å². The Hall–Kier alpha value is -1.62. The minimum Gasteiger partial charge on any atom is -0.399 e. The van der Waals surface area contributed by atoms with Crippen LogP contribution in [0.5, 0.6) is 0 Å². The summed E-state index contributed by atoms with van der Waals surface area (Å²) in [5, 5.41) is 2.55. The lowest BCUT2D eigenvalue weighted by atomic mass is 10.1. The van der Waals surface area contributed by atoms with Crippen molar-refractivity contribution in [3.05, 3.63) is 24.0 Å². The van der Waals surface area contributed by atoms with Crippen LogP contribution in [-0.2, 0) is 9.53 Å². The maximum Gasteiger partial charge on any atom is 0.229 e. The van der Waals surface area contributed by atoms with Crippen molar-refractivity contribution in [2.75, 3.05) is 17.7 Å². The second-order valence-corrected chi connectivity index (χ2v) is 4.31. The molecule has 17 heavy (non-hydrogen) atoms. The van der Waals surface area contributed by atoms with Crippen molar-refractivity contribution in [2.24, 2.45) is 5.92 Å². The average Bonchev–Trinajstić information content (AvgIpc) is 2.69. The number of carbonyl (C=O) groups is 1. The third-order valence-corrected chi connectivity index (χ3v) is 2.82. The van der Waals surface area contributed by atoms with Crippen LogP contribution in [0.3, 0.4) is 0 Å². The number of rotatable bonds is 2. The summed E-state index contributed by atoms with van der Waals surface area (Å²) < 4.78 is 18.7. The summed E-state index contributed by atoms with van der Waals surface area (Å²) in [6.45, 7) is 2.31. The Labute approximate surface area is 98.9 Å². The summed E-state index contributed by atoms with van der Waals surface area (Å²) >= 11 is 0. The van der Waals surface area contributed by atoms with E-state index in [0.717, 1.165) is 0 Å². The highest BCUT2D eigenvalue weighted by Crippen LogP contribution is 2.22. The zero-order valence-electron chi connectivity index (χ0n) is 9.57. The van der Waals surface area contributed by atoms with E-state index in [1.807, 2.05) is 6.92 Å². The molecule has 1 aliphatic heterocycles. The number of nitrogens with one attached hydrogen (secondary N) is 1. The molecule has 0 saturated carbocycles. The third-order valence-electron chi connectivity index (χ3n) is 2.82. The van der Waals surface area contributed by atoms with E-state index >= 15 is 0 Å². The molecule has 92 valence electrons. The molecule has 1 amide bonds. The normalized spacial score (nSPS) is 23.6. The Morgan fingerprint density at radius 2 is 2.35 bits per heavy atom. The fourth-order valence-electron chi connectivity index (χ4n) is 1.87. The number of ether oxygens (including phenoxy) is 1. The molecule has 2 rings (SSSR count). The number of benzene rings is 1. The smallest absolute Gasteiger partial charge is 0.229 e. The Morgan fingerprint density at radius 1 is 1.59 bits per heavy atom. The van der Waals surface area contributed by atoms with E-state index in [1.54, 1.807) is 6.07 Å². The molecule has 0 bridgehead atoms. The number of nitrogen functional groups attached to an aromatic ring is 1. The van der Waals surface area contributed by atoms with Gasteiger partial charge >= 0.3 is 0 Å². The second kappa shape index (κ2) is 4.71. The predicted molar refractivity (Wildman–Crippen MR) is 63.0 cm³/mol. The lowest BCUT2D eigenvalue weighted by molar-refractivity contribution is -0.119. The van der Waals surface area contributed by atoms with Crippen LogP contribution in [0.1, 0.15) is 13.3 Å². The van der Waals surface area contributed by atoms with Gasteiger partial charge in [-0.1, -0.05) is 0 Å². The van der Waals surface area contributed by atoms with E-state index < -0.39 is 5.82 Å². The highest BCUT2D eigenvalue weighted by molar-refractivity contribution is 5.93. The van der Waals surface area contributed by atoms with Crippen molar-refractivity contribution in [3.63, 3.8) is 0 Å². The van der Waals surface area contributed by atoms with Crippen LogP contribution in [-0.4, -0.2) is 18.6 Å². The van der Waals surface area contributed by atoms with Gasteiger partial charge < -0.3 is 15.8 Å². The fraction of sp³-hybridized carbons (Fsp3) is 0.417. The number of halogens is 1. The number of carbonyl (C=O) groups excluding carboxylic acids is 1. The summed E-state index contributed by atoms with van der Waals surface area (Å²) in [5.41, 5.74) is 5.91. The summed E-state index contributed by atoms with van der Waals surface area (Å²) in [7, 11) is 0. The summed E-state index contributed by atoms with van der Waals surface area (Å²) in [6.07, 6.45) is 0.754. The van der Waals surface area contributed by atoms with Gasteiger partial charge in [-0.05, 0) is 31.5 Å². The van der Waals surface area contributed by atoms with Crippen molar-refractivity contribution in [1.29, 1.82) is 0 Å². The number of nitrogens with two attached hydrogens (primary N) is 1. The molecule has 1 saturated heterocycles. The first-order valence-electron chi connectivity index (χ1n) is 5.53. The zero-order valence-corrected chi connectivity index (χ0v) is 9.57. The predicted octanol–water partition coefficient (Wildman–Crippen LogP) is 1.77. The molecule has 1 aliphatic rings. The van der Waals surface area contributed by atoms with Crippen molar-refractivity contribution in [1.82, 2.24) is 0 Å². The molecule has 5 heteroatoms. The van der Waals surface area contributed by atoms with E-state index in [-0.39, 0.29) is 23.6 Å². The third kappa shape index (κ3) is 2.74. The molecule has 1 aromatic carbocycles. The first-order valence-corrected chi connectivity index (χ1v) is 5.53.